The SMILES string of the molecule is CO[C@H]1C=C2[C@@H]3CC(C)(C)CC[C@]3(CO)[C@@H](O)C[C@@]2(C)[C@]2(C)CC[C@H]3[C@](C)(CO)[C@@H](O[C@@H]4O[C@H](C)[C@H](O)[C@H](O[C@@H]5O[C@H](CO)[C@@H](O)[C@H](O)[C@H]5O)[C@H]4O)CC[C@]3(C)[C@@H]12. The molecule has 9 N–H and O–H groups in total. The Labute approximate surface area is 337 Å². The van der Waals surface area contributed by atoms with Gasteiger partial charge >= 0.3 is 0 Å². The molecule has 2 heterocycles. The van der Waals surface area contributed by atoms with Crippen molar-refractivity contribution in [2.75, 3.05) is 26.9 Å². The molecule has 0 aromatic heterocycles. The number of rotatable bonds is 8. The number of hydrogen-bond donors (Lipinski definition) is 9. The molecule has 4 saturated carbocycles. The van der Waals surface area contributed by atoms with Crippen molar-refractivity contribution in [2.45, 2.75) is 180 Å². The van der Waals surface area contributed by atoms with Crippen molar-refractivity contribution in [2.24, 2.45) is 50.2 Å². The van der Waals surface area contributed by atoms with Crippen molar-refractivity contribution in [1.29, 1.82) is 0 Å². The Hall–Kier alpha value is -0.820. The predicted molar refractivity (Wildman–Crippen MR) is 205 cm³/mol. The molecule has 2 saturated heterocycles. The van der Waals surface area contributed by atoms with Gasteiger partial charge in [0.05, 0.1) is 44.2 Å². The van der Waals surface area contributed by atoms with Gasteiger partial charge in [-0.05, 0) is 91.8 Å². The molecule has 0 radical (unpaired) electrons. The lowest BCUT2D eigenvalue weighted by atomic mass is 9.32. The van der Waals surface area contributed by atoms with Crippen LogP contribution in [0.5, 0.6) is 0 Å². The van der Waals surface area contributed by atoms with Gasteiger partial charge in [0.2, 0.25) is 0 Å². The van der Waals surface area contributed by atoms with Crippen LogP contribution in [-0.4, -0.2) is 153 Å². The van der Waals surface area contributed by atoms with Crippen LogP contribution in [-0.2, 0) is 23.7 Å². The van der Waals surface area contributed by atoms with Gasteiger partial charge in [-0.15, -0.1) is 0 Å². The first-order valence-electron chi connectivity index (χ1n) is 21.4. The van der Waals surface area contributed by atoms with E-state index in [0.29, 0.717) is 12.8 Å². The number of hydrogen-bond acceptors (Lipinski definition) is 14. The summed E-state index contributed by atoms with van der Waals surface area (Å²) in [5.74, 6) is 0.0264. The summed E-state index contributed by atoms with van der Waals surface area (Å²) in [7, 11) is 1.78. The molecular weight excluding hydrogens is 740 g/mol. The molecule has 14 nitrogen and oxygen atoms in total. The van der Waals surface area contributed by atoms with Gasteiger partial charge in [-0.25, -0.2) is 0 Å². The van der Waals surface area contributed by atoms with Crippen molar-refractivity contribution in [3.8, 4) is 0 Å². The third kappa shape index (κ3) is 6.48. The average molecular weight is 813 g/mol. The number of aliphatic hydroxyl groups excluding tert-OH is 9. The van der Waals surface area contributed by atoms with Gasteiger partial charge < -0.3 is 69.6 Å². The molecule has 0 aromatic carbocycles. The maximum Gasteiger partial charge on any atom is 0.187 e. The molecule has 14 heteroatoms. The summed E-state index contributed by atoms with van der Waals surface area (Å²) in [6.07, 6.45) is -7.49. The molecule has 2 aliphatic heterocycles. The quantitative estimate of drug-likeness (QED) is 0.125. The van der Waals surface area contributed by atoms with Gasteiger partial charge in [-0.1, -0.05) is 53.2 Å². The van der Waals surface area contributed by atoms with Crippen LogP contribution in [0.2, 0.25) is 0 Å². The van der Waals surface area contributed by atoms with Crippen LogP contribution < -0.4 is 0 Å². The van der Waals surface area contributed by atoms with Crippen molar-refractivity contribution in [1.82, 2.24) is 0 Å². The Kier molecular flexibility index (Phi) is 11.8. The van der Waals surface area contributed by atoms with Gasteiger partial charge in [0, 0.05) is 23.9 Å². The summed E-state index contributed by atoms with van der Waals surface area (Å²) in [5, 5.41) is 98.1. The van der Waals surface area contributed by atoms with Crippen molar-refractivity contribution in [3.63, 3.8) is 0 Å². The largest absolute Gasteiger partial charge is 0.396 e. The Morgan fingerprint density at radius 3 is 2.05 bits per heavy atom. The molecular formula is C43H72O14. The second kappa shape index (κ2) is 15.2. The van der Waals surface area contributed by atoms with Crippen molar-refractivity contribution < 1.29 is 69.6 Å². The molecule has 0 unspecified atom stereocenters. The van der Waals surface area contributed by atoms with Crippen molar-refractivity contribution in [3.05, 3.63) is 11.6 Å². The summed E-state index contributed by atoms with van der Waals surface area (Å²) in [5.41, 5.74) is -0.934. The fourth-order valence-corrected chi connectivity index (χ4v) is 14.0. The van der Waals surface area contributed by atoms with E-state index in [0.717, 1.165) is 38.5 Å². The number of ether oxygens (including phenoxy) is 5. The average Bonchev–Trinajstić information content (AvgIpc) is 3.16. The molecule has 0 aromatic rings. The van der Waals surface area contributed by atoms with E-state index in [1.54, 1.807) is 14.0 Å². The zero-order valence-electron chi connectivity index (χ0n) is 35.2. The van der Waals surface area contributed by atoms with Crippen LogP contribution in [0.1, 0.15) is 99.8 Å². The van der Waals surface area contributed by atoms with Gasteiger partial charge in [0.15, 0.2) is 12.6 Å². The Morgan fingerprint density at radius 1 is 0.737 bits per heavy atom. The highest BCUT2D eigenvalue weighted by Gasteiger charge is 2.72. The topological polar surface area (TPSA) is 228 Å². The lowest BCUT2D eigenvalue weighted by Crippen LogP contribution is -2.70. The van der Waals surface area contributed by atoms with E-state index in [1.807, 2.05) is 6.92 Å². The minimum Gasteiger partial charge on any atom is -0.396 e. The Bertz CT molecular complexity index is 1490. The molecule has 5 aliphatic carbocycles. The molecule has 7 aliphatic rings. The minimum atomic E-state index is -1.74. The van der Waals surface area contributed by atoms with E-state index in [1.165, 1.54) is 5.57 Å². The van der Waals surface area contributed by atoms with E-state index >= 15 is 0 Å². The monoisotopic (exact) mass is 812 g/mol. The van der Waals surface area contributed by atoms with Crippen LogP contribution in [0.25, 0.3) is 0 Å². The van der Waals surface area contributed by atoms with Gasteiger partial charge in [-0.3, -0.25) is 0 Å². The van der Waals surface area contributed by atoms with Crippen LogP contribution in [0, 0.1) is 50.2 Å². The molecule has 7 rings (SSSR count). The molecule has 21 atom stereocenters. The molecule has 6 fully saturated rings. The van der Waals surface area contributed by atoms with Crippen LogP contribution >= 0.6 is 0 Å². The minimum absolute atomic E-state index is 0.0303. The number of methoxy groups -OCH3 is 1. The maximum atomic E-state index is 12.1. The van der Waals surface area contributed by atoms with Crippen LogP contribution in [0.15, 0.2) is 11.6 Å². The first kappa shape index (κ1) is 44.2. The summed E-state index contributed by atoms with van der Waals surface area (Å²) in [6.45, 7) is 14.4. The zero-order chi connectivity index (χ0) is 41.8. The third-order valence-electron chi connectivity index (χ3n) is 17.7. The van der Waals surface area contributed by atoms with Gasteiger partial charge in [-0.2, -0.15) is 0 Å². The lowest BCUT2D eigenvalue weighted by Gasteiger charge is -2.73. The number of fused-ring (bicyclic) bond motifs is 7. The van der Waals surface area contributed by atoms with Gasteiger partial charge in [0.1, 0.15) is 42.7 Å². The number of aliphatic hydroxyl groups is 9. The summed E-state index contributed by atoms with van der Waals surface area (Å²) in [4.78, 5) is 0. The molecule has 328 valence electrons. The van der Waals surface area contributed by atoms with Crippen LogP contribution in [0.3, 0.4) is 0 Å². The Balaban J connectivity index is 1.17. The number of allylic oxidation sites excluding steroid dienone is 1. The summed E-state index contributed by atoms with van der Waals surface area (Å²) < 4.78 is 30.6. The highest BCUT2D eigenvalue weighted by atomic mass is 16.7. The smallest absolute Gasteiger partial charge is 0.187 e. The highest BCUT2D eigenvalue weighted by molar-refractivity contribution is 5.37. The fraction of sp³-hybridized carbons (Fsp3) is 0.953. The second-order valence-electron chi connectivity index (χ2n) is 21.0. The van der Waals surface area contributed by atoms with Crippen molar-refractivity contribution >= 4 is 0 Å². The van der Waals surface area contributed by atoms with E-state index in [2.05, 4.69) is 40.7 Å². The first-order chi connectivity index (χ1) is 26.6. The third-order valence-corrected chi connectivity index (χ3v) is 17.7. The van der Waals surface area contributed by atoms with E-state index < -0.39 is 91.1 Å². The summed E-state index contributed by atoms with van der Waals surface area (Å²) >= 11 is 0. The Morgan fingerprint density at radius 2 is 1.42 bits per heavy atom. The molecule has 0 spiro atoms. The maximum absolute atomic E-state index is 12.1. The molecule has 0 bridgehead atoms. The zero-order valence-corrected chi connectivity index (χ0v) is 35.2. The van der Waals surface area contributed by atoms with E-state index in [-0.39, 0.29) is 58.7 Å². The van der Waals surface area contributed by atoms with Crippen LogP contribution in [0.4, 0.5) is 0 Å². The lowest BCUT2D eigenvalue weighted by molar-refractivity contribution is -0.368. The van der Waals surface area contributed by atoms with E-state index in [4.69, 9.17) is 23.7 Å². The summed E-state index contributed by atoms with van der Waals surface area (Å²) in [6, 6.07) is 0. The van der Waals surface area contributed by atoms with Gasteiger partial charge in [0.25, 0.3) is 0 Å². The predicted octanol–water partition coefficient (Wildman–Crippen LogP) is 1.39. The first-order valence-corrected chi connectivity index (χ1v) is 21.4. The highest BCUT2D eigenvalue weighted by Crippen LogP contribution is 2.76. The molecule has 0 amide bonds. The standard InChI is InChI=1S/C43H72O14/c1-21-29(48)34(57-36-32(51)31(50)30(49)25(18-44)55-36)33(52)37(54-21)56-28-10-11-39(4)26(40(28,5)19-45)9-12-41(6)35(39)24(53-8)15-22-23-16-38(2,3)13-14-43(23,20-46)27(47)17-42(22,41)7/h15,21,23-37,44-52H,9-14,16-20H2,1-8H3/t21-,23+,24+,25-,26-,27+,28+,29+,30-,31+,32-,33-,34+,35-,36+,37+,39+,40+,41-,42-,43-/m1/s1. The normalized spacial score (nSPS) is 56.1. The second-order valence-corrected chi connectivity index (χ2v) is 21.0. The van der Waals surface area contributed by atoms with E-state index in [9.17, 15) is 46.0 Å². The fourth-order valence-electron chi connectivity index (χ4n) is 14.0. The molecule has 57 heavy (non-hydrogen) atoms.